The maximum absolute atomic E-state index is 12.8. The van der Waals surface area contributed by atoms with Crippen molar-refractivity contribution >= 4 is 29.0 Å². The van der Waals surface area contributed by atoms with E-state index in [0.717, 1.165) is 4.57 Å². The van der Waals surface area contributed by atoms with Gasteiger partial charge in [-0.2, -0.15) is 0 Å². The van der Waals surface area contributed by atoms with Crippen molar-refractivity contribution in [3.05, 3.63) is 38.9 Å². The van der Waals surface area contributed by atoms with Crippen molar-refractivity contribution in [3.63, 3.8) is 0 Å². The summed E-state index contributed by atoms with van der Waals surface area (Å²) in [5.41, 5.74) is -0.837. The Morgan fingerprint density at radius 3 is 2.41 bits per heavy atom. The van der Waals surface area contributed by atoms with Gasteiger partial charge in [0, 0.05) is 34.9 Å². The van der Waals surface area contributed by atoms with Crippen LogP contribution in [0.1, 0.15) is 27.0 Å². The fourth-order valence-corrected chi connectivity index (χ4v) is 3.38. The molecule has 0 saturated heterocycles. The molecule has 3 unspecified atom stereocenters. The molecule has 1 aliphatic rings. The lowest BCUT2D eigenvalue weighted by Crippen LogP contribution is -2.45. The molecule has 0 aliphatic carbocycles. The van der Waals surface area contributed by atoms with E-state index in [4.69, 9.17) is 14.2 Å². The predicted octanol–water partition coefficient (Wildman–Crippen LogP) is -1.15. The van der Waals surface area contributed by atoms with Gasteiger partial charge >= 0.3 is 17.6 Å². The molecule has 1 amide bonds. The van der Waals surface area contributed by atoms with Crippen LogP contribution < -0.4 is 16.6 Å². The smallest absolute Gasteiger partial charge is 0.332 e. The number of nitrogens with one attached hydrogen (secondary N) is 1. The second-order valence-electron chi connectivity index (χ2n) is 7.24. The van der Waals surface area contributed by atoms with Gasteiger partial charge in [0.15, 0.2) is 23.5 Å². The van der Waals surface area contributed by atoms with Crippen LogP contribution in [0.3, 0.4) is 0 Å². The summed E-state index contributed by atoms with van der Waals surface area (Å²) in [4.78, 5) is 63.9. The molecule has 0 saturated carbocycles. The molecular formula is C19H23N5O8. The summed E-state index contributed by atoms with van der Waals surface area (Å²) in [6.07, 6.45) is -0.280. The predicted molar refractivity (Wildman–Crippen MR) is 108 cm³/mol. The highest BCUT2D eigenvalue weighted by Gasteiger charge is 2.37. The van der Waals surface area contributed by atoms with E-state index in [1.165, 1.54) is 56.4 Å². The number of aromatic nitrogens is 4. The molecule has 0 bridgehead atoms. The van der Waals surface area contributed by atoms with Crippen LogP contribution in [0.4, 0.5) is 0 Å². The van der Waals surface area contributed by atoms with Gasteiger partial charge in [-0.25, -0.2) is 9.78 Å². The van der Waals surface area contributed by atoms with E-state index in [1.807, 2.05) is 0 Å². The molecule has 2 aromatic rings. The molecule has 0 radical (unpaired) electrons. The molecule has 0 spiro atoms. The van der Waals surface area contributed by atoms with Crippen molar-refractivity contribution in [2.75, 3.05) is 6.61 Å². The Morgan fingerprint density at radius 2 is 1.81 bits per heavy atom. The van der Waals surface area contributed by atoms with Gasteiger partial charge in [0.2, 0.25) is 5.91 Å². The van der Waals surface area contributed by atoms with Gasteiger partial charge in [-0.05, 0) is 6.08 Å². The van der Waals surface area contributed by atoms with Crippen molar-refractivity contribution in [3.8, 4) is 0 Å². The zero-order valence-electron chi connectivity index (χ0n) is 18.1. The zero-order valence-corrected chi connectivity index (χ0v) is 18.1. The third-order valence-corrected chi connectivity index (χ3v) is 4.78. The molecule has 172 valence electrons. The van der Waals surface area contributed by atoms with Crippen molar-refractivity contribution in [2.45, 2.75) is 39.2 Å². The van der Waals surface area contributed by atoms with Crippen LogP contribution >= 0.6 is 0 Å². The highest BCUT2D eigenvalue weighted by Crippen LogP contribution is 2.30. The number of amides is 1. The summed E-state index contributed by atoms with van der Waals surface area (Å²) in [6, 6.07) is 0. The summed E-state index contributed by atoms with van der Waals surface area (Å²) in [5, 5.41) is 2.61. The molecule has 32 heavy (non-hydrogen) atoms. The Labute approximate surface area is 181 Å². The van der Waals surface area contributed by atoms with E-state index >= 15 is 0 Å². The first kappa shape index (κ1) is 22.9. The standard InChI is InChI=1S/C19H23N5O8/c1-9(25)21-12-6-13(31-11(3)27)14(7-30-10(2)26)32-18(12)24-8-20-16-15(24)17(28)23(5)19(29)22(16)4/h6,8,13-14,18H,7H2,1-5H3,(H,21,25). The molecule has 1 N–H and O–H groups in total. The third-order valence-electron chi connectivity index (χ3n) is 4.78. The maximum Gasteiger partial charge on any atom is 0.332 e. The van der Waals surface area contributed by atoms with Crippen LogP contribution in [0.5, 0.6) is 0 Å². The number of ether oxygens (including phenoxy) is 3. The number of hydrogen-bond donors (Lipinski definition) is 1. The van der Waals surface area contributed by atoms with Crippen molar-refractivity contribution in [1.29, 1.82) is 0 Å². The minimum absolute atomic E-state index is 0.0491. The Balaban J connectivity index is 2.17. The summed E-state index contributed by atoms with van der Waals surface area (Å²) in [6.45, 7) is 3.44. The highest BCUT2D eigenvalue weighted by molar-refractivity contribution is 5.75. The second kappa shape index (κ2) is 8.78. The first-order valence-corrected chi connectivity index (χ1v) is 9.59. The van der Waals surface area contributed by atoms with Gasteiger partial charge in [-0.1, -0.05) is 0 Å². The van der Waals surface area contributed by atoms with Crippen LogP contribution in [-0.4, -0.2) is 55.3 Å². The quantitative estimate of drug-likeness (QED) is 0.557. The molecule has 0 aromatic carbocycles. The Kier molecular flexibility index (Phi) is 6.30. The molecule has 0 fully saturated rings. The largest absolute Gasteiger partial charge is 0.463 e. The molecule has 13 heteroatoms. The van der Waals surface area contributed by atoms with Crippen LogP contribution in [-0.2, 0) is 42.7 Å². The lowest BCUT2D eigenvalue weighted by atomic mass is 10.1. The van der Waals surface area contributed by atoms with Crippen molar-refractivity contribution < 1.29 is 28.6 Å². The van der Waals surface area contributed by atoms with Gasteiger partial charge in [-0.15, -0.1) is 0 Å². The molecule has 2 aromatic heterocycles. The lowest BCUT2D eigenvalue weighted by Gasteiger charge is -2.35. The summed E-state index contributed by atoms with van der Waals surface area (Å²) in [5.74, 6) is -1.62. The molecule has 13 nitrogen and oxygen atoms in total. The Hall–Kier alpha value is -3.74. The SMILES string of the molecule is CC(=O)NC1=CC(OC(C)=O)C(COC(C)=O)OC1n1cnc2c1c(=O)n(C)c(=O)n2C. The van der Waals surface area contributed by atoms with E-state index in [0.29, 0.717) is 0 Å². The summed E-state index contributed by atoms with van der Waals surface area (Å²) in [7, 11) is 2.79. The first-order valence-electron chi connectivity index (χ1n) is 9.59. The molecule has 3 rings (SSSR count). The zero-order chi connectivity index (χ0) is 23.7. The van der Waals surface area contributed by atoms with Gasteiger partial charge in [0.25, 0.3) is 5.56 Å². The number of aryl methyl sites for hydroxylation is 1. The fraction of sp³-hybridized carbons (Fsp3) is 0.474. The maximum atomic E-state index is 12.8. The van der Waals surface area contributed by atoms with Gasteiger partial charge < -0.3 is 19.5 Å². The van der Waals surface area contributed by atoms with Gasteiger partial charge in [0.05, 0.1) is 5.70 Å². The molecular weight excluding hydrogens is 426 g/mol. The number of hydrogen-bond acceptors (Lipinski definition) is 9. The Bertz CT molecular complexity index is 1240. The number of rotatable bonds is 5. The number of esters is 2. The first-order chi connectivity index (χ1) is 15.0. The summed E-state index contributed by atoms with van der Waals surface area (Å²) >= 11 is 0. The minimum Gasteiger partial charge on any atom is -0.463 e. The summed E-state index contributed by atoms with van der Waals surface area (Å²) < 4.78 is 19.8. The van der Waals surface area contributed by atoms with Gasteiger partial charge in [0.1, 0.15) is 19.0 Å². The van der Waals surface area contributed by atoms with E-state index in [-0.39, 0.29) is 23.5 Å². The number of nitrogens with zero attached hydrogens (tertiary/aromatic N) is 4. The van der Waals surface area contributed by atoms with E-state index in [9.17, 15) is 24.0 Å². The molecule has 1 aliphatic heterocycles. The number of carbonyl (C=O) groups is 3. The van der Waals surface area contributed by atoms with E-state index in [2.05, 4.69) is 10.3 Å². The second-order valence-corrected chi connectivity index (χ2v) is 7.24. The number of fused-ring (bicyclic) bond motifs is 1. The van der Waals surface area contributed by atoms with Crippen molar-refractivity contribution in [1.82, 2.24) is 24.0 Å². The Morgan fingerprint density at radius 1 is 1.12 bits per heavy atom. The van der Waals surface area contributed by atoms with Gasteiger partial charge in [-0.3, -0.25) is 32.9 Å². The molecule has 3 heterocycles. The topological polar surface area (TPSA) is 153 Å². The molecule has 3 atom stereocenters. The monoisotopic (exact) mass is 449 g/mol. The lowest BCUT2D eigenvalue weighted by molar-refractivity contribution is -0.169. The van der Waals surface area contributed by atoms with E-state index < -0.39 is 47.5 Å². The normalized spacial score (nSPS) is 20.5. The van der Waals surface area contributed by atoms with Crippen molar-refractivity contribution in [2.24, 2.45) is 14.1 Å². The number of carbonyl (C=O) groups excluding carboxylic acids is 3. The fourth-order valence-electron chi connectivity index (χ4n) is 3.38. The van der Waals surface area contributed by atoms with E-state index in [1.54, 1.807) is 0 Å². The van der Waals surface area contributed by atoms with Crippen LogP contribution in [0.25, 0.3) is 11.2 Å². The van der Waals surface area contributed by atoms with Crippen LogP contribution in [0, 0.1) is 0 Å². The number of imidazole rings is 1. The highest BCUT2D eigenvalue weighted by atomic mass is 16.6. The third kappa shape index (κ3) is 4.32. The van der Waals surface area contributed by atoms with Crippen LogP contribution in [0.2, 0.25) is 0 Å². The average molecular weight is 449 g/mol. The van der Waals surface area contributed by atoms with Crippen LogP contribution in [0.15, 0.2) is 27.7 Å². The average Bonchev–Trinajstić information content (AvgIpc) is 3.14. The minimum atomic E-state index is -1.10.